The van der Waals surface area contributed by atoms with E-state index in [1.54, 1.807) is 61.5 Å². The van der Waals surface area contributed by atoms with Crippen LogP contribution in [0.1, 0.15) is 43.6 Å². The van der Waals surface area contributed by atoms with Crippen molar-refractivity contribution < 1.29 is 26.3 Å². The maximum absolute atomic E-state index is 13.3. The zero-order valence-electron chi connectivity index (χ0n) is 28.5. The Labute approximate surface area is 293 Å². The van der Waals surface area contributed by atoms with Gasteiger partial charge in [-0.1, -0.05) is 50.2 Å². The van der Waals surface area contributed by atoms with Crippen LogP contribution in [-0.2, 0) is 12.4 Å². The number of halogens is 6. The van der Waals surface area contributed by atoms with Crippen molar-refractivity contribution in [3.8, 4) is 11.4 Å². The SMILES string of the molecule is CC.CNc1nc(=O)n(-c2ccccc2)c2nc(C(F)(F)F)ccc12.Cc1ccccc1-n1c(=O)nc(N2CCCC2)c2ccc(C(F)(F)F)nc21. The molecule has 52 heavy (non-hydrogen) atoms. The van der Waals surface area contributed by atoms with E-state index in [1.807, 2.05) is 18.7 Å². The molecule has 0 atom stereocenters. The highest BCUT2D eigenvalue weighted by Gasteiger charge is 2.34. The number of pyridine rings is 2. The Kier molecular flexibility index (Phi) is 11.0. The van der Waals surface area contributed by atoms with E-state index >= 15 is 0 Å². The van der Waals surface area contributed by atoms with Gasteiger partial charge in [0.15, 0.2) is 11.3 Å². The van der Waals surface area contributed by atoms with E-state index in [4.69, 9.17) is 0 Å². The Bertz CT molecular complexity index is 2320. The van der Waals surface area contributed by atoms with Gasteiger partial charge in [-0.15, -0.1) is 0 Å². The third-order valence-corrected chi connectivity index (χ3v) is 8.06. The van der Waals surface area contributed by atoms with Crippen LogP contribution in [0.3, 0.4) is 0 Å². The minimum atomic E-state index is -4.60. The normalized spacial score (nSPS) is 13.0. The van der Waals surface area contributed by atoms with Gasteiger partial charge in [-0.2, -0.15) is 36.3 Å². The van der Waals surface area contributed by atoms with Crippen molar-refractivity contribution in [2.24, 2.45) is 0 Å². The monoisotopic (exact) mass is 724 g/mol. The van der Waals surface area contributed by atoms with Crippen LogP contribution in [-0.4, -0.2) is 49.2 Å². The van der Waals surface area contributed by atoms with Gasteiger partial charge in [0, 0.05) is 20.1 Å². The first-order valence-corrected chi connectivity index (χ1v) is 16.3. The molecule has 1 fully saturated rings. The summed E-state index contributed by atoms with van der Waals surface area (Å²) in [6.45, 7) is 7.23. The highest BCUT2D eigenvalue weighted by molar-refractivity contribution is 5.89. The summed E-state index contributed by atoms with van der Waals surface area (Å²) >= 11 is 0. The lowest BCUT2D eigenvalue weighted by atomic mass is 10.2. The van der Waals surface area contributed by atoms with Crippen molar-refractivity contribution in [2.45, 2.75) is 46.0 Å². The van der Waals surface area contributed by atoms with Crippen LogP contribution in [0.5, 0.6) is 0 Å². The molecule has 6 aromatic rings. The highest BCUT2D eigenvalue weighted by Crippen LogP contribution is 2.33. The van der Waals surface area contributed by atoms with Crippen molar-refractivity contribution in [1.82, 2.24) is 29.1 Å². The second-order valence-electron chi connectivity index (χ2n) is 11.3. The standard InChI is InChI=1S/C19H17F3N4O.C15H11F3N4O.C2H6/c1-12-6-2-3-7-14(12)26-17-13(8-9-15(23-17)19(20,21)22)16(24-18(26)27)25-10-4-5-11-25;1-19-12-10-7-8-11(15(16,17)18)20-13(10)22(14(23)21-12)9-5-3-2-4-6-9;1-2/h2-3,6-9H,4-5,10-11H2,1H3;2-8H,1H3,(H,19,21,23);1-2H3. The van der Waals surface area contributed by atoms with Crippen LogP contribution in [0.15, 0.2) is 88.5 Å². The van der Waals surface area contributed by atoms with E-state index in [-0.39, 0.29) is 17.1 Å². The van der Waals surface area contributed by atoms with Crippen molar-refractivity contribution in [3.05, 3.63) is 117 Å². The average Bonchev–Trinajstić information content (AvgIpc) is 3.67. The molecular weight excluding hydrogens is 690 g/mol. The molecular formula is C36H34F6N8O2. The van der Waals surface area contributed by atoms with E-state index in [9.17, 15) is 35.9 Å². The molecule has 4 aromatic heterocycles. The Morgan fingerprint density at radius 3 is 1.71 bits per heavy atom. The molecule has 0 amide bonds. The van der Waals surface area contributed by atoms with E-state index in [0.717, 1.165) is 48.2 Å². The summed E-state index contributed by atoms with van der Waals surface area (Å²) in [7, 11) is 1.53. The number of benzene rings is 2. The Balaban J connectivity index is 0.000000194. The lowest BCUT2D eigenvalue weighted by molar-refractivity contribution is -0.141. The maximum atomic E-state index is 13.3. The molecule has 0 spiro atoms. The summed E-state index contributed by atoms with van der Waals surface area (Å²) in [4.78, 5) is 42.6. The number of fused-ring (bicyclic) bond motifs is 2. The minimum absolute atomic E-state index is 0.0268. The Hall–Kier alpha value is -5.80. The van der Waals surface area contributed by atoms with Crippen molar-refractivity contribution >= 4 is 33.7 Å². The third-order valence-electron chi connectivity index (χ3n) is 8.06. The quantitative estimate of drug-likeness (QED) is 0.186. The van der Waals surface area contributed by atoms with Crippen LogP contribution in [0, 0.1) is 6.92 Å². The van der Waals surface area contributed by atoms with Crippen molar-refractivity contribution in [1.29, 1.82) is 0 Å². The topological polar surface area (TPSA) is 111 Å². The molecule has 1 aliphatic rings. The second kappa shape index (κ2) is 15.2. The lowest BCUT2D eigenvalue weighted by Gasteiger charge is -2.20. The van der Waals surface area contributed by atoms with E-state index in [1.165, 1.54) is 23.7 Å². The molecule has 5 heterocycles. The van der Waals surface area contributed by atoms with Gasteiger partial charge in [0.1, 0.15) is 23.0 Å². The molecule has 272 valence electrons. The molecule has 1 saturated heterocycles. The number of hydrogen-bond donors (Lipinski definition) is 1. The second-order valence-corrected chi connectivity index (χ2v) is 11.3. The summed E-state index contributed by atoms with van der Waals surface area (Å²) in [5.74, 6) is 0.581. The van der Waals surface area contributed by atoms with Gasteiger partial charge < -0.3 is 10.2 Å². The number of aromatic nitrogens is 6. The van der Waals surface area contributed by atoms with Gasteiger partial charge in [0.25, 0.3) is 0 Å². The minimum Gasteiger partial charge on any atom is -0.372 e. The number of para-hydroxylation sites is 2. The lowest BCUT2D eigenvalue weighted by Crippen LogP contribution is -2.29. The Morgan fingerprint density at radius 2 is 1.15 bits per heavy atom. The van der Waals surface area contributed by atoms with Gasteiger partial charge >= 0.3 is 23.7 Å². The number of rotatable bonds is 4. The number of aryl methyl sites for hydroxylation is 1. The molecule has 0 saturated carbocycles. The van der Waals surface area contributed by atoms with Gasteiger partial charge in [-0.25, -0.2) is 28.7 Å². The van der Waals surface area contributed by atoms with Crippen LogP contribution >= 0.6 is 0 Å². The molecule has 7 rings (SSSR count). The fourth-order valence-corrected chi connectivity index (χ4v) is 5.70. The molecule has 1 aliphatic heterocycles. The van der Waals surface area contributed by atoms with E-state index in [0.29, 0.717) is 28.0 Å². The fourth-order valence-electron chi connectivity index (χ4n) is 5.70. The summed E-state index contributed by atoms with van der Waals surface area (Å²) in [5.41, 5.74) is -1.96. The van der Waals surface area contributed by atoms with E-state index < -0.39 is 35.1 Å². The van der Waals surface area contributed by atoms with Crippen molar-refractivity contribution in [3.63, 3.8) is 0 Å². The van der Waals surface area contributed by atoms with Crippen molar-refractivity contribution in [2.75, 3.05) is 30.4 Å². The molecule has 1 N–H and O–H groups in total. The predicted octanol–water partition coefficient (Wildman–Crippen LogP) is 7.58. The van der Waals surface area contributed by atoms with Crippen LogP contribution in [0.2, 0.25) is 0 Å². The Morgan fingerprint density at radius 1 is 0.635 bits per heavy atom. The number of anilines is 2. The van der Waals surface area contributed by atoms with E-state index in [2.05, 4.69) is 25.3 Å². The van der Waals surface area contributed by atoms with Crippen LogP contribution < -0.4 is 21.6 Å². The maximum Gasteiger partial charge on any atom is 0.433 e. The number of nitrogens with one attached hydrogen (secondary N) is 1. The molecule has 0 unspecified atom stereocenters. The molecule has 0 aliphatic carbocycles. The van der Waals surface area contributed by atoms with Crippen LogP contribution in [0.25, 0.3) is 33.4 Å². The van der Waals surface area contributed by atoms with Gasteiger partial charge in [-0.05, 0) is 67.8 Å². The summed E-state index contributed by atoms with van der Waals surface area (Å²) < 4.78 is 80.8. The first-order valence-electron chi connectivity index (χ1n) is 16.3. The summed E-state index contributed by atoms with van der Waals surface area (Å²) in [6, 6.07) is 19.7. The average molecular weight is 725 g/mol. The largest absolute Gasteiger partial charge is 0.433 e. The summed E-state index contributed by atoms with van der Waals surface area (Å²) in [6.07, 6.45) is -7.29. The smallest absolute Gasteiger partial charge is 0.372 e. The molecule has 0 radical (unpaired) electrons. The number of nitrogens with zero attached hydrogens (tertiary/aromatic N) is 7. The van der Waals surface area contributed by atoms with Gasteiger partial charge in [-0.3, -0.25) is 0 Å². The molecule has 2 aromatic carbocycles. The summed E-state index contributed by atoms with van der Waals surface area (Å²) in [5, 5.41) is 3.46. The first-order chi connectivity index (χ1) is 24.8. The first kappa shape index (κ1) is 37.5. The molecule has 16 heteroatoms. The zero-order chi connectivity index (χ0) is 37.8. The zero-order valence-corrected chi connectivity index (χ0v) is 28.5. The van der Waals surface area contributed by atoms with Gasteiger partial charge in [0.05, 0.1) is 22.1 Å². The third kappa shape index (κ3) is 7.60. The predicted molar refractivity (Wildman–Crippen MR) is 187 cm³/mol. The number of alkyl halides is 6. The molecule has 10 nitrogen and oxygen atoms in total. The molecule has 0 bridgehead atoms. The fraction of sp³-hybridized carbons (Fsp3) is 0.278. The van der Waals surface area contributed by atoms with Gasteiger partial charge in [0.2, 0.25) is 0 Å². The highest BCUT2D eigenvalue weighted by atomic mass is 19.4. The number of hydrogen-bond acceptors (Lipinski definition) is 8. The van der Waals surface area contributed by atoms with Crippen LogP contribution in [0.4, 0.5) is 38.0 Å².